The number of benzene rings is 2. The van der Waals surface area contributed by atoms with Gasteiger partial charge in [-0.2, -0.15) is 5.10 Å². The Morgan fingerprint density at radius 2 is 1.88 bits per heavy atom. The molecule has 0 saturated heterocycles. The first-order valence-corrected chi connectivity index (χ1v) is 7.28. The summed E-state index contributed by atoms with van der Waals surface area (Å²) in [7, 11) is 3.02. The topological polar surface area (TPSA) is 86.0 Å². The molecule has 0 aliphatic rings. The standard InChI is InChI=1S/C17H19N3O4/c1-12(13-8-9-17(24-3)15(10-13)20(21)22)19-18-11-14-6-4-5-7-16(14)23-2/h4-10,18H,11H2,1-3H3/b19-12+. The van der Waals surface area contributed by atoms with Gasteiger partial charge in [-0.05, 0) is 25.1 Å². The molecule has 2 aromatic rings. The number of nitrogens with zero attached hydrogens (tertiary/aromatic N) is 2. The lowest BCUT2D eigenvalue weighted by Gasteiger charge is -2.09. The highest BCUT2D eigenvalue weighted by molar-refractivity contribution is 5.99. The Labute approximate surface area is 140 Å². The summed E-state index contributed by atoms with van der Waals surface area (Å²) in [4.78, 5) is 10.6. The smallest absolute Gasteiger partial charge is 0.311 e. The van der Waals surface area contributed by atoms with E-state index in [-0.39, 0.29) is 11.4 Å². The third-order valence-corrected chi connectivity index (χ3v) is 3.50. The van der Waals surface area contributed by atoms with Crippen LogP contribution in [0.1, 0.15) is 18.1 Å². The van der Waals surface area contributed by atoms with Crippen molar-refractivity contribution in [3.63, 3.8) is 0 Å². The number of hydrazone groups is 1. The minimum Gasteiger partial charge on any atom is -0.496 e. The van der Waals surface area contributed by atoms with Crippen LogP contribution in [0.15, 0.2) is 47.6 Å². The maximum absolute atomic E-state index is 11.1. The molecule has 7 nitrogen and oxygen atoms in total. The summed E-state index contributed by atoms with van der Waals surface area (Å²) in [6.45, 7) is 2.26. The first kappa shape index (κ1) is 17.3. The summed E-state index contributed by atoms with van der Waals surface area (Å²) >= 11 is 0. The molecule has 0 atom stereocenters. The van der Waals surface area contributed by atoms with Gasteiger partial charge in [0, 0.05) is 17.2 Å². The van der Waals surface area contributed by atoms with E-state index in [9.17, 15) is 10.1 Å². The molecule has 0 radical (unpaired) electrons. The van der Waals surface area contributed by atoms with E-state index in [0.717, 1.165) is 11.3 Å². The number of para-hydroxylation sites is 1. The molecule has 0 aliphatic heterocycles. The van der Waals surface area contributed by atoms with E-state index >= 15 is 0 Å². The molecular formula is C17H19N3O4. The summed E-state index contributed by atoms with van der Waals surface area (Å²) < 4.78 is 10.3. The number of hydrogen-bond donors (Lipinski definition) is 1. The molecule has 0 amide bonds. The van der Waals surface area contributed by atoms with Gasteiger partial charge in [0.2, 0.25) is 0 Å². The molecule has 0 bridgehead atoms. The van der Waals surface area contributed by atoms with Gasteiger partial charge in [-0.3, -0.25) is 10.1 Å². The zero-order valence-corrected chi connectivity index (χ0v) is 13.8. The molecule has 0 fully saturated rings. The van der Waals surface area contributed by atoms with Crippen molar-refractivity contribution in [2.45, 2.75) is 13.5 Å². The number of nitro benzene ring substituents is 1. The number of nitrogens with one attached hydrogen (secondary N) is 1. The first-order valence-electron chi connectivity index (χ1n) is 7.28. The van der Waals surface area contributed by atoms with Crippen molar-refractivity contribution in [1.82, 2.24) is 5.43 Å². The summed E-state index contributed by atoms with van der Waals surface area (Å²) in [6, 6.07) is 12.4. The molecule has 0 aromatic heterocycles. The Balaban J connectivity index is 2.13. The van der Waals surface area contributed by atoms with Crippen molar-refractivity contribution in [2.75, 3.05) is 14.2 Å². The Kier molecular flexibility index (Phi) is 5.73. The summed E-state index contributed by atoms with van der Waals surface area (Å²) in [5, 5.41) is 15.3. The third-order valence-electron chi connectivity index (χ3n) is 3.50. The molecular weight excluding hydrogens is 310 g/mol. The van der Waals surface area contributed by atoms with Gasteiger partial charge in [-0.15, -0.1) is 0 Å². The fourth-order valence-corrected chi connectivity index (χ4v) is 2.21. The van der Waals surface area contributed by atoms with E-state index in [1.54, 1.807) is 26.2 Å². The molecule has 1 N–H and O–H groups in total. The average molecular weight is 329 g/mol. The molecule has 0 saturated carbocycles. The van der Waals surface area contributed by atoms with Gasteiger partial charge in [0.25, 0.3) is 0 Å². The highest BCUT2D eigenvalue weighted by Gasteiger charge is 2.16. The van der Waals surface area contributed by atoms with Crippen LogP contribution in [0.5, 0.6) is 11.5 Å². The van der Waals surface area contributed by atoms with Gasteiger partial charge in [-0.25, -0.2) is 0 Å². The second-order valence-corrected chi connectivity index (χ2v) is 4.99. The summed E-state index contributed by atoms with van der Waals surface area (Å²) in [6.07, 6.45) is 0. The van der Waals surface area contributed by atoms with E-state index in [4.69, 9.17) is 9.47 Å². The third kappa shape index (κ3) is 4.01. The van der Waals surface area contributed by atoms with Crippen LogP contribution in [-0.2, 0) is 6.54 Å². The number of rotatable bonds is 7. The van der Waals surface area contributed by atoms with Crippen molar-refractivity contribution in [3.8, 4) is 11.5 Å². The van der Waals surface area contributed by atoms with Crippen LogP contribution in [0.2, 0.25) is 0 Å². The minimum absolute atomic E-state index is 0.0886. The quantitative estimate of drug-likeness (QED) is 0.479. The number of ether oxygens (including phenoxy) is 2. The van der Waals surface area contributed by atoms with Crippen LogP contribution in [-0.4, -0.2) is 24.9 Å². The van der Waals surface area contributed by atoms with Gasteiger partial charge in [0.05, 0.1) is 31.4 Å². The second-order valence-electron chi connectivity index (χ2n) is 4.99. The van der Waals surface area contributed by atoms with Crippen LogP contribution in [0.25, 0.3) is 0 Å². The van der Waals surface area contributed by atoms with E-state index in [1.807, 2.05) is 24.3 Å². The van der Waals surface area contributed by atoms with E-state index in [2.05, 4.69) is 10.5 Å². The van der Waals surface area contributed by atoms with Crippen LogP contribution in [0.3, 0.4) is 0 Å². The van der Waals surface area contributed by atoms with Crippen molar-refractivity contribution in [3.05, 3.63) is 63.7 Å². The van der Waals surface area contributed by atoms with Crippen LogP contribution in [0.4, 0.5) is 5.69 Å². The maximum Gasteiger partial charge on any atom is 0.311 e. The summed E-state index contributed by atoms with van der Waals surface area (Å²) in [5.74, 6) is 0.997. The van der Waals surface area contributed by atoms with Gasteiger partial charge < -0.3 is 14.9 Å². The average Bonchev–Trinajstić information content (AvgIpc) is 2.61. The molecule has 0 heterocycles. The SMILES string of the molecule is COc1ccccc1CN/N=C(\C)c1ccc(OC)c([N+](=O)[O-])c1. The van der Waals surface area contributed by atoms with Crippen molar-refractivity contribution >= 4 is 11.4 Å². The number of hydrogen-bond acceptors (Lipinski definition) is 6. The molecule has 126 valence electrons. The fourth-order valence-electron chi connectivity index (χ4n) is 2.21. The molecule has 24 heavy (non-hydrogen) atoms. The first-order chi connectivity index (χ1) is 11.6. The second kappa shape index (κ2) is 7.96. The van der Waals surface area contributed by atoms with E-state index < -0.39 is 4.92 Å². The van der Waals surface area contributed by atoms with Crippen molar-refractivity contribution in [1.29, 1.82) is 0 Å². The lowest BCUT2D eigenvalue weighted by atomic mass is 10.1. The van der Waals surface area contributed by atoms with Gasteiger partial charge in [0.1, 0.15) is 5.75 Å². The summed E-state index contributed by atoms with van der Waals surface area (Å²) in [5.41, 5.74) is 5.12. The van der Waals surface area contributed by atoms with Gasteiger partial charge in [-0.1, -0.05) is 18.2 Å². The zero-order chi connectivity index (χ0) is 17.5. The monoisotopic (exact) mass is 329 g/mol. The Bertz CT molecular complexity index is 759. The van der Waals surface area contributed by atoms with E-state index in [0.29, 0.717) is 17.8 Å². The molecule has 0 spiro atoms. The highest BCUT2D eigenvalue weighted by Crippen LogP contribution is 2.27. The minimum atomic E-state index is -0.474. The number of methoxy groups -OCH3 is 2. The lowest BCUT2D eigenvalue weighted by molar-refractivity contribution is -0.385. The molecule has 7 heteroatoms. The van der Waals surface area contributed by atoms with Gasteiger partial charge in [0.15, 0.2) is 5.75 Å². The normalized spacial score (nSPS) is 11.0. The predicted molar refractivity (Wildman–Crippen MR) is 91.7 cm³/mol. The largest absolute Gasteiger partial charge is 0.496 e. The Morgan fingerprint density at radius 3 is 2.54 bits per heavy atom. The highest BCUT2D eigenvalue weighted by atomic mass is 16.6. The predicted octanol–water partition coefficient (Wildman–Crippen LogP) is 3.13. The Morgan fingerprint density at radius 1 is 1.17 bits per heavy atom. The molecule has 0 unspecified atom stereocenters. The van der Waals surface area contributed by atoms with Crippen LogP contribution < -0.4 is 14.9 Å². The zero-order valence-electron chi connectivity index (χ0n) is 13.8. The molecule has 2 rings (SSSR count). The molecule has 2 aromatic carbocycles. The maximum atomic E-state index is 11.1. The Hall–Kier alpha value is -3.09. The van der Waals surface area contributed by atoms with Gasteiger partial charge >= 0.3 is 5.69 Å². The van der Waals surface area contributed by atoms with Crippen molar-refractivity contribution in [2.24, 2.45) is 5.10 Å². The number of nitro groups is 1. The molecule has 0 aliphatic carbocycles. The van der Waals surface area contributed by atoms with E-state index in [1.165, 1.54) is 13.2 Å². The fraction of sp³-hybridized carbons (Fsp3) is 0.235. The lowest BCUT2D eigenvalue weighted by Crippen LogP contribution is -2.10. The van der Waals surface area contributed by atoms with Crippen molar-refractivity contribution < 1.29 is 14.4 Å². The van der Waals surface area contributed by atoms with Crippen LogP contribution >= 0.6 is 0 Å². The van der Waals surface area contributed by atoms with Crippen LogP contribution in [0, 0.1) is 10.1 Å².